The van der Waals surface area contributed by atoms with Gasteiger partial charge in [-0.15, -0.1) is 0 Å². The second-order valence-electron chi connectivity index (χ2n) is 7.13. The number of nitrogens with one attached hydrogen (secondary N) is 1. The number of hydrogen-bond donors (Lipinski definition) is 1. The molecule has 3 unspecified atom stereocenters. The first-order chi connectivity index (χ1) is 9.15. The number of hydrogen-bond acceptors (Lipinski definition) is 2. The van der Waals surface area contributed by atoms with Crippen molar-refractivity contribution in [2.45, 2.75) is 76.9 Å². The Hall–Kier alpha value is -0.570. The van der Waals surface area contributed by atoms with E-state index in [1.165, 1.54) is 38.5 Å². The van der Waals surface area contributed by atoms with Crippen LogP contribution in [0.25, 0.3) is 0 Å². The second kappa shape index (κ2) is 5.43. The predicted octanol–water partition coefficient (Wildman–Crippen LogP) is 2.55. The maximum atomic E-state index is 12.8. The Labute approximate surface area is 117 Å². The highest BCUT2D eigenvalue weighted by Crippen LogP contribution is 2.35. The highest BCUT2D eigenvalue weighted by atomic mass is 16.2. The largest absolute Gasteiger partial charge is 0.339 e. The van der Waals surface area contributed by atoms with Crippen molar-refractivity contribution in [2.24, 2.45) is 11.8 Å². The number of fused-ring (bicyclic) bond motifs is 1. The Bertz CT molecular complexity index is 324. The topological polar surface area (TPSA) is 32.3 Å². The molecule has 0 bridgehead atoms. The number of nitrogens with zero attached hydrogens (tertiary/aromatic N) is 1. The molecule has 3 rings (SSSR count). The van der Waals surface area contributed by atoms with Gasteiger partial charge in [-0.25, -0.2) is 0 Å². The minimum absolute atomic E-state index is 0.106. The lowest BCUT2D eigenvalue weighted by molar-refractivity contribution is -0.135. The molecule has 0 spiro atoms. The van der Waals surface area contributed by atoms with Crippen LogP contribution in [0.2, 0.25) is 0 Å². The third kappa shape index (κ3) is 2.96. The molecule has 19 heavy (non-hydrogen) atoms. The van der Waals surface area contributed by atoms with E-state index >= 15 is 0 Å². The van der Waals surface area contributed by atoms with Gasteiger partial charge in [0.05, 0.1) is 6.04 Å². The summed E-state index contributed by atoms with van der Waals surface area (Å²) in [6, 6.07) is 1.07. The number of carbonyl (C=O) groups excluding carboxylic acids is 1. The monoisotopic (exact) mass is 264 g/mol. The Morgan fingerprint density at radius 3 is 2.58 bits per heavy atom. The van der Waals surface area contributed by atoms with E-state index in [4.69, 9.17) is 0 Å². The standard InChI is InChI=1S/C16H28N2O/c1-11(2)18(10-12-7-8-12)16(19)15-9-13-5-3-4-6-14(13)17-15/h11-15,17H,3-10H2,1-2H3. The van der Waals surface area contributed by atoms with Crippen LogP contribution in [0.15, 0.2) is 0 Å². The van der Waals surface area contributed by atoms with Crippen LogP contribution in [0, 0.1) is 11.8 Å². The van der Waals surface area contributed by atoms with E-state index < -0.39 is 0 Å². The second-order valence-corrected chi connectivity index (χ2v) is 7.13. The van der Waals surface area contributed by atoms with E-state index in [0.717, 1.165) is 24.8 Å². The molecule has 108 valence electrons. The minimum atomic E-state index is 0.106. The molecule has 1 aliphatic heterocycles. The summed E-state index contributed by atoms with van der Waals surface area (Å²) >= 11 is 0. The van der Waals surface area contributed by atoms with Gasteiger partial charge in [0.2, 0.25) is 5.91 Å². The van der Waals surface area contributed by atoms with E-state index in [2.05, 4.69) is 24.1 Å². The fourth-order valence-electron chi connectivity index (χ4n) is 3.84. The summed E-state index contributed by atoms with van der Waals surface area (Å²) in [6.45, 7) is 5.30. The summed E-state index contributed by atoms with van der Waals surface area (Å²) in [6.07, 6.45) is 9.02. The molecule has 2 aliphatic carbocycles. The smallest absolute Gasteiger partial charge is 0.239 e. The average Bonchev–Trinajstić information content (AvgIpc) is 3.10. The molecule has 1 N–H and O–H groups in total. The quantitative estimate of drug-likeness (QED) is 0.846. The van der Waals surface area contributed by atoms with Crippen LogP contribution in [0.3, 0.4) is 0 Å². The molecule has 0 aromatic heterocycles. The Balaban J connectivity index is 1.61. The predicted molar refractivity (Wildman–Crippen MR) is 76.9 cm³/mol. The van der Waals surface area contributed by atoms with Gasteiger partial charge in [0, 0.05) is 18.6 Å². The van der Waals surface area contributed by atoms with Crippen molar-refractivity contribution in [2.75, 3.05) is 6.54 Å². The van der Waals surface area contributed by atoms with Crippen LogP contribution >= 0.6 is 0 Å². The SMILES string of the molecule is CC(C)N(CC1CC1)C(=O)C1CC2CCCCC2N1. The molecule has 1 heterocycles. The van der Waals surface area contributed by atoms with Gasteiger partial charge >= 0.3 is 0 Å². The molecule has 3 aliphatic rings. The highest BCUT2D eigenvalue weighted by molar-refractivity contribution is 5.82. The fourth-order valence-corrected chi connectivity index (χ4v) is 3.84. The van der Waals surface area contributed by atoms with Gasteiger partial charge in [0.1, 0.15) is 0 Å². The van der Waals surface area contributed by atoms with Crippen LogP contribution in [0.4, 0.5) is 0 Å². The lowest BCUT2D eigenvalue weighted by Crippen LogP contribution is -2.48. The minimum Gasteiger partial charge on any atom is -0.339 e. The molecule has 2 saturated carbocycles. The van der Waals surface area contributed by atoms with E-state index in [1.54, 1.807) is 0 Å². The molecule has 1 amide bonds. The zero-order valence-electron chi connectivity index (χ0n) is 12.4. The van der Waals surface area contributed by atoms with Gasteiger partial charge in [0.15, 0.2) is 0 Å². The van der Waals surface area contributed by atoms with Gasteiger partial charge in [-0.1, -0.05) is 12.8 Å². The third-order valence-electron chi connectivity index (χ3n) is 5.22. The highest BCUT2D eigenvalue weighted by Gasteiger charge is 2.40. The molecule has 0 aromatic carbocycles. The average molecular weight is 264 g/mol. The molecule has 3 nitrogen and oxygen atoms in total. The van der Waals surface area contributed by atoms with Crippen LogP contribution < -0.4 is 5.32 Å². The first-order valence-corrected chi connectivity index (χ1v) is 8.21. The lowest BCUT2D eigenvalue weighted by atomic mass is 9.85. The van der Waals surface area contributed by atoms with Gasteiger partial charge in [-0.3, -0.25) is 4.79 Å². The van der Waals surface area contributed by atoms with Gasteiger partial charge < -0.3 is 10.2 Å². The van der Waals surface area contributed by atoms with Crippen molar-refractivity contribution in [3.05, 3.63) is 0 Å². The van der Waals surface area contributed by atoms with Crippen LogP contribution in [0.5, 0.6) is 0 Å². The summed E-state index contributed by atoms with van der Waals surface area (Å²) < 4.78 is 0. The maximum Gasteiger partial charge on any atom is 0.239 e. The van der Waals surface area contributed by atoms with Crippen molar-refractivity contribution in [3.8, 4) is 0 Å². The first kappa shape index (κ1) is 13.4. The molecule has 0 radical (unpaired) electrons. The molecular weight excluding hydrogens is 236 g/mol. The summed E-state index contributed by atoms with van der Waals surface area (Å²) in [5, 5.41) is 3.63. The first-order valence-electron chi connectivity index (χ1n) is 8.21. The number of amides is 1. The Morgan fingerprint density at radius 1 is 1.21 bits per heavy atom. The van der Waals surface area contributed by atoms with E-state index in [1.807, 2.05) is 0 Å². The third-order valence-corrected chi connectivity index (χ3v) is 5.22. The zero-order chi connectivity index (χ0) is 13.4. The van der Waals surface area contributed by atoms with Crippen LogP contribution in [-0.2, 0) is 4.79 Å². The van der Waals surface area contributed by atoms with E-state index in [9.17, 15) is 4.79 Å². The molecule has 3 fully saturated rings. The van der Waals surface area contributed by atoms with Gasteiger partial charge in [0.25, 0.3) is 0 Å². The van der Waals surface area contributed by atoms with Crippen molar-refractivity contribution < 1.29 is 4.79 Å². The number of carbonyl (C=O) groups is 1. The fraction of sp³-hybridized carbons (Fsp3) is 0.938. The Kier molecular flexibility index (Phi) is 3.84. The molecule has 0 aromatic rings. The normalized spacial score (nSPS) is 34.4. The summed E-state index contributed by atoms with van der Waals surface area (Å²) in [7, 11) is 0. The number of rotatable bonds is 4. The molecule has 1 saturated heterocycles. The van der Waals surface area contributed by atoms with Crippen molar-refractivity contribution in [3.63, 3.8) is 0 Å². The Morgan fingerprint density at radius 2 is 1.95 bits per heavy atom. The molecule has 3 heteroatoms. The van der Waals surface area contributed by atoms with Crippen LogP contribution in [0.1, 0.15) is 58.8 Å². The van der Waals surface area contributed by atoms with Crippen LogP contribution in [-0.4, -0.2) is 35.5 Å². The zero-order valence-corrected chi connectivity index (χ0v) is 12.4. The molecular formula is C16H28N2O. The van der Waals surface area contributed by atoms with E-state index in [0.29, 0.717) is 18.0 Å². The van der Waals surface area contributed by atoms with Gasteiger partial charge in [-0.05, 0) is 57.8 Å². The van der Waals surface area contributed by atoms with E-state index in [-0.39, 0.29) is 6.04 Å². The van der Waals surface area contributed by atoms with Crippen molar-refractivity contribution >= 4 is 5.91 Å². The van der Waals surface area contributed by atoms with Crippen molar-refractivity contribution in [1.29, 1.82) is 0 Å². The maximum absolute atomic E-state index is 12.8. The molecule has 3 atom stereocenters. The van der Waals surface area contributed by atoms with Gasteiger partial charge in [-0.2, -0.15) is 0 Å². The van der Waals surface area contributed by atoms with Crippen molar-refractivity contribution in [1.82, 2.24) is 10.2 Å². The summed E-state index contributed by atoms with van der Waals surface area (Å²) in [5.74, 6) is 1.92. The lowest BCUT2D eigenvalue weighted by Gasteiger charge is -2.29. The summed E-state index contributed by atoms with van der Waals surface area (Å²) in [5.41, 5.74) is 0. The summed E-state index contributed by atoms with van der Waals surface area (Å²) in [4.78, 5) is 14.9.